The van der Waals surface area contributed by atoms with Crippen LogP contribution in [0.1, 0.15) is 12.7 Å². The van der Waals surface area contributed by atoms with Crippen molar-refractivity contribution in [1.82, 2.24) is 25.1 Å². The number of aromatic nitrogens is 2. The molecule has 23 heavy (non-hydrogen) atoms. The molecule has 1 amide bonds. The molecule has 124 valence electrons. The van der Waals surface area contributed by atoms with E-state index < -0.39 is 0 Å². The Morgan fingerprint density at radius 3 is 2.70 bits per heavy atom. The summed E-state index contributed by atoms with van der Waals surface area (Å²) in [7, 11) is 5.44. The number of fused-ring (bicyclic) bond motifs is 1. The Labute approximate surface area is 136 Å². The van der Waals surface area contributed by atoms with Crippen LogP contribution in [0.4, 0.5) is 0 Å². The van der Waals surface area contributed by atoms with Crippen molar-refractivity contribution >= 4 is 22.9 Å². The normalized spacial score (nSPS) is 11.6. The third kappa shape index (κ3) is 4.21. The molecule has 0 unspecified atom stereocenters. The number of nitrogens with zero attached hydrogens (tertiary/aromatic N) is 4. The van der Waals surface area contributed by atoms with E-state index in [1.807, 2.05) is 42.8 Å². The Hall–Kier alpha value is -2.57. The number of benzene rings is 1. The van der Waals surface area contributed by atoms with E-state index in [0.717, 1.165) is 23.4 Å². The molecule has 0 bridgehead atoms. The summed E-state index contributed by atoms with van der Waals surface area (Å²) in [6.45, 7) is 3.36. The van der Waals surface area contributed by atoms with E-state index in [2.05, 4.69) is 20.6 Å². The van der Waals surface area contributed by atoms with Crippen LogP contribution in [-0.4, -0.2) is 53.5 Å². The van der Waals surface area contributed by atoms with Gasteiger partial charge >= 0.3 is 0 Å². The Morgan fingerprint density at radius 2 is 2.04 bits per heavy atom. The van der Waals surface area contributed by atoms with E-state index in [0.29, 0.717) is 12.5 Å². The van der Waals surface area contributed by atoms with Crippen molar-refractivity contribution in [3.63, 3.8) is 0 Å². The Balaban J connectivity index is 2.09. The van der Waals surface area contributed by atoms with Crippen molar-refractivity contribution in [1.29, 1.82) is 0 Å². The molecule has 1 aromatic carbocycles. The minimum atomic E-state index is -0.00154. The number of para-hydroxylation sites is 2. The number of imidazole rings is 1. The van der Waals surface area contributed by atoms with Gasteiger partial charge in [-0.05, 0) is 19.1 Å². The number of carbonyl (C=O) groups excluding carboxylic acids is 1. The first kappa shape index (κ1) is 16.8. The number of likely N-dealkylation sites (N-methyl/N-ethyl adjacent to an activating group) is 1. The molecule has 1 aromatic heterocycles. The number of carbonyl (C=O) groups is 1. The lowest BCUT2D eigenvalue weighted by atomic mass is 10.3. The maximum atomic E-state index is 11.7. The zero-order chi connectivity index (χ0) is 16.8. The van der Waals surface area contributed by atoms with Crippen LogP contribution in [0.5, 0.6) is 0 Å². The van der Waals surface area contributed by atoms with Crippen molar-refractivity contribution < 1.29 is 4.79 Å². The molecule has 0 aliphatic rings. The zero-order valence-corrected chi connectivity index (χ0v) is 14.1. The van der Waals surface area contributed by atoms with E-state index in [9.17, 15) is 4.79 Å². The summed E-state index contributed by atoms with van der Waals surface area (Å²) in [6.07, 6.45) is 0. The lowest BCUT2D eigenvalue weighted by Gasteiger charge is -2.14. The first-order chi connectivity index (χ1) is 11.0. The minimum absolute atomic E-state index is 0.00154. The van der Waals surface area contributed by atoms with Crippen LogP contribution < -0.4 is 10.6 Å². The van der Waals surface area contributed by atoms with Gasteiger partial charge in [-0.3, -0.25) is 4.79 Å². The lowest BCUT2D eigenvalue weighted by Crippen LogP contribution is -2.42. The number of aliphatic imine (C=N–C) groups is 1. The second-order valence-electron chi connectivity index (χ2n) is 5.41. The number of hydrogen-bond acceptors (Lipinski definition) is 3. The molecule has 7 nitrogen and oxygen atoms in total. The molecule has 0 radical (unpaired) electrons. The largest absolute Gasteiger partial charge is 0.357 e. The van der Waals surface area contributed by atoms with Crippen LogP contribution in [0.25, 0.3) is 11.0 Å². The number of amides is 1. The maximum absolute atomic E-state index is 11.7. The molecule has 7 heteroatoms. The molecule has 0 fully saturated rings. The Morgan fingerprint density at radius 1 is 1.30 bits per heavy atom. The fourth-order valence-electron chi connectivity index (χ4n) is 2.15. The molecule has 0 spiro atoms. The molecule has 0 saturated heterocycles. The van der Waals surface area contributed by atoms with E-state index in [4.69, 9.17) is 0 Å². The van der Waals surface area contributed by atoms with Gasteiger partial charge in [-0.25, -0.2) is 9.98 Å². The van der Waals surface area contributed by atoms with Gasteiger partial charge in [-0.1, -0.05) is 12.1 Å². The fraction of sp³-hybridized carbons (Fsp3) is 0.438. The van der Waals surface area contributed by atoms with E-state index in [1.165, 1.54) is 0 Å². The van der Waals surface area contributed by atoms with Gasteiger partial charge in [-0.2, -0.15) is 0 Å². The summed E-state index contributed by atoms with van der Waals surface area (Å²) in [5.74, 6) is 1.48. The summed E-state index contributed by atoms with van der Waals surface area (Å²) in [6, 6.07) is 7.99. The van der Waals surface area contributed by atoms with E-state index in [1.54, 1.807) is 19.0 Å². The van der Waals surface area contributed by atoms with Crippen LogP contribution in [0.3, 0.4) is 0 Å². The highest BCUT2D eigenvalue weighted by molar-refractivity contribution is 5.86. The first-order valence-electron chi connectivity index (χ1n) is 7.65. The Bertz CT molecular complexity index is 704. The molecule has 0 saturated carbocycles. The molecule has 1 heterocycles. The van der Waals surface area contributed by atoms with Gasteiger partial charge < -0.3 is 20.1 Å². The second kappa shape index (κ2) is 7.62. The highest BCUT2D eigenvalue weighted by Crippen LogP contribution is 2.14. The van der Waals surface area contributed by atoms with Gasteiger partial charge in [-0.15, -0.1) is 0 Å². The first-order valence-corrected chi connectivity index (χ1v) is 7.65. The average Bonchev–Trinajstić information content (AvgIpc) is 2.86. The summed E-state index contributed by atoms with van der Waals surface area (Å²) < 4.78 is 2.04. The van der Waals surface area contributed by atoms with Crippen molar-refractivity contribution in [3.05, 3.63) is 30.1 Å². The highest BCUT2D eigenvalue weighted by atomic mass is 16.2. The lowest BCUT2D eigenvalue weighted by molar-refractivity contribution is -0.127. The van der Waals surface area contributed by atoms with Gasteiger partial charge in [0.1, 0.15) is 12.4 Å². The number of rotatable bonds is 5. The van der Waals surface area contributed by atoms with Crippen molar-refractivity contribution in [2.75, 3.05) is 27.2 Å². The molecular formula is C16H24N6O. The second-order valence-corrected chi connectivity index (χ2v) is 5.41. The van der Waals surface area contributed by atoms with Gasteiger partial charge in [0.15, 0.2) is 5.96 Å². The number of hydrogen-bond donors (Lipinski definition) is 2. The van der Waals surface area contributed by atoms with Crippen LogP contribution >= 0.6 is 0 Å². The van der Waals surface area contributed by atoms with Gasteiger partial charge in [0.05, 0.1) is 17.6 Å². The Kier molecular flexibility index (Phi) is 5.56. The highest BCUT2D eigenvalue weighted by Gasteiger charge is 2.08. The molecule has 2 N–H and O–H groups in total. The number of nitrogens with one attached hydrogen (secondary N) is 2. The summed E-state index contributed by atoms with van der Waals surface area (Å²) in [5.41, 5.74) is 2.04. The topological polar surface area (TPSA) is 74.5 Å². The monoisotopic (exact) mass is 316 g/mol. The van der Waals surface area contributed by atoms with Gasteiger partial charge in [0, 0.05) is 27.7 Å². The third-order valence-electron chi connectivity index (χ3n) is 3.51. The average molecular weight is 316 g/mol. The zero-order valence-electron chi connectivity index (χ0n) is 14.1. The van der Waals surface area contributed by atoms with Crippen molar-refractivity contribution in [2.24, 2.45) is 12.0 Å². The summed E-state index contributed by atoms with van der Waals surface area (Å²) in [5, 5.41) is 6.17. The van der Waals surface area contributed by atoms with E-state index >= 15 is 0 Å². The molecule has 2 rings (SSSR count). The predicted molar refractivity (Wildman–Crippen MR) is 92.2 cm³/mol. The van der Waals surface area contributed by atoms with Gasteiger partial charge in [0.2, 0.25) is 5.91 Å². The summed E-state index contributed by atoms with van der Waals surface area (Å²) >= 11 is 0. The summed E-state index contributed by atoms with van der Waals surface area (Å²) in [4.78, 5) is 22.3. The van der Waals surface area contributed by atoms with Crippen molar-refractivity contribution in [3.8, 4) is 0 Å². The SMILES string of the molecule is CCNC(=NCc1nc2ccccc2n1C)NCC(=O)N(C)C. The third-order valence-corrected chi connectivity index (χ3v) is 3.51. The molecule has 0 atom stereocenters. The maximum Gasteiger partial charge on any atom is 0.241 e. The number of guanidine groups is 1. The predicted octanol–water partition coefficient (Wildman–Crippen LogP) is 0.717. The standard InChI is InChI=1S/C16H24N6O/c1-5-17-16(19-11-15(23)21(2)3)18-10-14-20-12-8-6-7-9-13(12)22(14)4/h6-9H,5,10-11H2,1-4H3,(H2,17,18,19). The van der Waals surface area contributed by atoms with Crippen LogP contribution in [0.15, 0.2) is 29.3 Å². The van der Waals surface area contributed by atoms with E-state index in [-0.39, 0.29) is 12.5 Å². The number of aryl methyl sites for hydroxylation is 1. The minimum Gasteiger partial charge on any atom is -0.357 e. The quantitative estimate of drug-likeness (QED) is 0.629. The molecular weight excluding hydrogens is 292 g/mol. The fourth-order valence-corrected chi connectivity index (χ4v) is 2.15. The smallest absolute Gasteiger partial charge is 0.241 e. The van der Waals surface area contributed by atoms with Crippen LogP contribution in [0.2, 0.25) is 0 Å². The molecule has 2 aromatic rings. The van der Waals surface area contributed by atoms with Crippen LogP contribution in [-0.2, 0) is 18.4 Å². The molecule has 0 aliphatic carbocycles. The van der Waals surface area contributed by atoms with Crippen molar-refractivity contribution in [2.45, 2.75) is 13.5 Å². The molecule has 0 aliphatic heterocycles. The van der Waals surface area contributed by atoms with Crippen LogP contribution in [0, 0.1) is 0 Å². The van der Waals surface area contributed by atoms with Gasteiger partial charge in [0.25, 0.3) is 0 Å².